The summed E-state index contributed by atoms with van der Waals surface area (Å²) in [5, 5.41) is 14.1. The highest BCUT2D eigenvalue weighted by molar-refractivity contribution is 7.09. The normalized spacial score (nSPS) is 11.8. The zero-order valence-electron chi connectivity index (χ0n) is 10.4. The molecule has 2 aromatic heterocycles. The number of aryl methyl sites for hydroxylation is 1. The molecule has 0 aliphatic rings. The Balaban J connectivity index is 1.98. The molecule has 0 amide bonds. The Hall–Kier alpha value is -1.43. The second-order valence-electron chi connectivity index (χ2n) is 4.90. The molecule has 0 saturated carbocycles. The summed E-state index contributed by atoms with van der Waals surface area (Å²) in [6.45, 7) is 8.70. The molecule has 0 spiro atoms. The number of thiazole rings is 1. The van der Waals surface area contributed by atoms with Gasteiger partial charge in [-0.2, -0.15) is 0 Å². The minimum Gasteiger partial charge on any atom is -0.408 e. The highest BCUT2D eigenvalue weighted by Gasteiger charge is 2.21. The van der Waals surface area contributed by atoms with Gasteiger partial charge in [0.15, 0.2) is 0 Å². The van der Waals surface area contributed by atoms with E-state index in [9.17, 15) is 0 Å². The van der Waals surface area contributed by atoms with Gasteiger partial charge in [0.05, 0.1) is 6.54 Å². The fourth-order valence-corrected chi connectivity index (χ4v) is 1.94. The van der Waals surface area contributed by atoms with Crippen molar-refractivity contribution >= 4 is 17.4 Å². The lowest BCUT2D eigenvalue weighted by atomic mass is 9.97. The number of nitrogens with zero attached hydrogens (tertiary/aromatic N) is 3. The molecule has 0 aliphatic heterocycles. The third kappa shape index (κ3) is 3.03. The van der Waals surface area contributed by atoms with Crippen LogP contribution in [-0.4, -0.2) is 15.2 Å². The zero-order chi connectivity index (χ0) is 12.5. The summed E-state index contributed by atoms with van der Waals surface area (Å²) >= 11 is 1.62. The molecule has 0 fully saturated rings. The monoisotopic (exact) mass is 252 g/mol. The van der Waals surface area contributed by atoms with Gasteiger partial charge in [-0.25, -0.2) is 4.98 Å². The van der Waals surface area contributed by atoms with Crippen LogP contribution in [0.2, 0.25) is 0 Å². The maximum Gasteiger partial charge on any atom is 0.315 e. The van der Waals surface area contributed by atoms with Gasteiger partial charge in [0.2, 0.25) is 5.89 Å². The van der Waals surface area contributed by atoms with Crippen molar-refractivity contribution in [3.8, 4) is 0 Å². The van der Waals surface area contributed by atoms with Crippen molar-refractivity contribution in [3.63, 3.8) is 0 Å². The van der Waals surface area contributed by atoms with Crippen LogP contribution in [0, 0.1) is 6.92 Å². The summed E-state index contributed by atoms with van der Waals surface area (Å²) < 4.78 is 5.52. The Morgan fingerprint density at radius 2 is 2.12 bits per heavy atom. The Morgan fingerprint density at radius 1 is 1.35 bits per heavy atom. The van der Waals surface area contributed by atoms with Crippen LogP contribution >= 0.6 is 11.3 Å². The smallest absolute Gasteiger partial charge is 0.315 e. The van der Waals surface area contributed by atoms with E-state index in [0.717, 1.165) is 10.7 Å². The maximum atomic E-state index is 5.52. The van der Waals surface area contributed by atoms with E-state index < -0.39 is 0 Å². The highest BCUT2D eigenvalue weighted by atomic mass is 32.1. The summed E-state index contributed by atoms with van der Waals surface area (Å²) in [7, 11) is 0. The van der Waals surface area contributed by atoms with Crippen LogP contribution in [0.15, 0.2) is 9.80 Å². The summed E-state index contributed by atoms with van der Waals surface area (Å²) in [4.78, 5) is 4.35. The largest absolute Gasteiger partial charge is 0.408 e. The Bertz CT molecular complexity index is 498. The fourth-order valence-electron chi connectivity index (χ4n) is 1.23. The van der Waals surface area contributed by atoms with E-state index in [1.165, 1.54) is 0 Å². The first-order chi connectivity index (χ1) is 7.95. The van der Waals surface area contributed by atoms with Gasteiger partial charge in [-0.1, -0.05) is 25.9 Å². The molecule has 5 nitrogen and oxygen atoms in total. The van der Waals surface area contributed by atoms with Gasteiger partial charge in [0.25, 0.3) is 0 Å². The molecule has 0 atom stereocenters. The molecule has 0 aliphatic carbocycles. The van der Waals surface area contributed by atoms with E-state index in [1.54, 1.807) is 11.3 Å². The number of aromatic nitrogens is 3. The molecule has 0 radical (unpaired) electrons. The van der Waals surface area contributed by atoms with Crippen LogP contribution in [0.4, 0.5) is 6.01 Å². The van der Waals surface area contributed by atoms with E-state index in [4.69, 9.17) is 4.42 Å². The van der Waals surface area contributed by atoms with E-state index in [-0.39, 0.29) is 5.41 Å². The molecular weight excluding hydrogens is 236 g/mol. The molecule has 1 N–H and O–H groups in total. The minimum absolute atomic E-state index is 0.120. The first kappa shape index (κ1) is 12.0. The molecule has 92 valence electrons. The Kier molecular flexibility index (Phi) is 3.15. The minimum atomic E-state index is -0.120. The van der Waals surface area contributed by atoms with Crippen molar-refractivity contribution in [2.75, 3.05) is 5.32 Å². The summed E-state index contributed by atoms with van der Waals surface area (Å²) in [5.74, 6) is 0.635. The molecular formula is C11H16N4OS. The third-order valence-corrected chi connectivity index (χ3v) is 3.09. The molecule has 0 aromatic carbocycles. The number of anilines is 1. The number of hydrogen-bond acceptors (Lipinski definition) is 6. The fraction of sp³-hybridized carbons (Fsp3) is 0.545. The van der Waals surface area contributed by atoms with Crippen molar-refractivity contribution in [2.24, 2.45) is 0 Å². The lowest BCUT2D eigenvalue weighted by Gasteiger charge is -2.10. The Labute approximate surface area is 104 Å². The number of nitrogens with one attached hydrogen (secondary N) is 1. The summed E-state index contributed by atoms with van der Waals surface area (Å²) in [6.07, 6.45) is 0. The summed E-state index contributed by atoms with van der Waals surface area (Å²) in [5.41, 5.74) is 0.915. The maximum absolute atomic E-state index is 5.52. The lowest BCUT2D eigenvalue weighted by Crippen LogP contribution is -2.11. The highest BCUT2D eigenvalue weighted by Crippen LogP contribution is 2.22. The van der Waals surface area contributed by atoms with Crippen LogP contribution in [0.5, 0.6) is 0 Å². The van der Waals surface area contributed by atoms with E-state index in [0.29, 0.717) is 18.5 Å². The van der Waals surface area contributed by atoms with Gasteiger partial charge >= 0.3 is 6.01 Å². The molecule has 0 saturated heterocycles. The van der Waals surface area contributed by atoms with Crippen LogP contribution < -0.4 is 5.32 Å². The van der Waals surface area contributed by atoms with Crippen LogP contribution in [0.1, 0.15) is 37.4 Å². The van der Waals surface area contributed by atoms with Gasteiger partial charge in [0.1, 0.15) is 5.01 Å². The first-order valence-electron chi connectivity index (χ1n) is 5.44. The predicted octanol–water partition coefficient (Wildman–Crippen LogP) is 2.74. The average Bonchev–Trinajstić information content (AvgIpc) is 2.82. The third-order valence-electron chi connectivity index (χ3n) is 2.12. The van der Waals surface area contributed by atoms with Crippen LogP contribution in [0.25, 0.3) is 0 Å². The topological polar surface area (TPSA) is 63.8 Å². The SMILES string of the molecule is Cc1csc(CNc2nnc(C(C)(C)C)o2)n1. The van der Waals surface area contributed by atoms with Gasteiger partial charge in [-0.05, 0) is 6.92 Å². The van der Waals surface area contributed by atoms with Crippen LogP contribution in [0.3, 0.4) is 0 Å². The second-order valence-corrected chi connectivity index (χ2v) is 5.84. The number of rotatable bonds is 3. The van der Waals surface area contributed by atoms with Crippen molar-refractivity contribution in [1.29, 1.82) is 0 Å². The molecule has 0 unspecified atom stereocenters. The van der Waals surface area contributed by atoms with E-state index in [2.05, 4.69) is 20.5 Å². The standard InChI is InChI=1S/C11H16N4OS/c1-7-6-17-8(13-7)5-12-10-15-14-9(16-10)11(2,3)4/h6H,5H2,1-4H3,(H,12,15). The second kappa shape index (κ2) is 4.44. The molecule has 2 aromatic rings. The lowest BCUT2D eigenvalue weighted by molar-refractivity contribution is 0.399. The zero-order valence-corrected chi connectivity index (χ0v) is 11.3. The molecule has 2 heterocycles. The molecule has 6 heteroatoms. The predicted molar refractivity (Wildman–Crippen MR) is 67.2 cm³/mol. The molecule has 2 rings (SSSR count). The van der Waals surface area contributed by atoms with Crippen LogP contribution in [-0.2, 0) is 12.0 Å². The molecule has 0 bridgehead atoms. The van der Waals surface area contributed by atoms with Gasteiger partial charge < -0.3 is 9.73 Å². The van der Waals surface area contributed by atoms with Crippen molar-refractivity contribution < 1.29 is 4.42 Å². The first-order valence-corrected chi connectivity index (χ1v) is 6.32. The van der Waals surface area contributed by atoms with Crippen molar-refractivity contribution in [1.82, 2.24) is 15.2 Å². The van der Waals surface area contributed by atoms with Gasteiger partial charge in [-0.3, -0.25) is 0 Å². The quantitative estimate of drug-likeness (QED) is 0.910. The number of hydrogen-bond donors (Lipinski definition) is 1. The average molecular weight is 252 g/mol. The van der Waals surface area contributed by atoms with E-state index >= 15 is 0 Å². The Morgan fingerprint density at radius 3 is 2.65 bits per heavy atom. The van der Waals surface area contributed by atoms with Crippen molar-refractivity contribution in [3.05, 3.63) is 22.0 Å². The van der Waals surface area contributed by atoms with E-state index in [1.807, 2.05) is 33.1 Å². The van der Waals surface area contributed by atoms with Gasteiger partial charge in [-0.15, -0.1) is 16.4 Å². The van der Waals surface area contributed by atoms with Gasteiger partial charge in [0, 0.05) is 16.5 Å². The van der Waals surface area contributed by atoms with Crippen molar-refractivity contribution in [2.45, 2.75) is 39.7 Å². The molecule has 17 heavy (non-hydrogen) atoms. The summed E-state index contributed by atoms with van der Waals surface area (Å²) in [6, 6.07) is 0.447.